The van der Waals surface area contributed by atoms with Gasteiger partial charge in [0, 0.05) is 55.6 Å². The first-order chi connectivity index (χ1) is 43.0. The number of rotatable bonds is 12. The van der Waals surface area contributed by atoms with E-state index >= 15 is 13.2 Å². The largest absolute Gasteiger partial charge is 0.397 e. The van der Waals surface area contributed by atoms with Crippen molar-refractivity contribution in [1.82, 2.24) is 59.6 Å². The van der Waals surface area contributed by atoms with Crippen molar-refractivity contribution in [3.63, 3.8) is 0 Å². The first kappa shape index (κ1) is 62.6. The van der Waals surface area contributed by atoms with Gasteiger partial charge in [0.2, 0.25) is 17.7 Å². The van der Waals surface area contributed by atoms with Gasteiger partial charge in [-0.15, -0.1) is 0 Å². The predicted octanol–water partition coefficient (Wildman–Crippen LogP) is 9.12. The van der Waals surface area contributed by atoms with Crippen LogP contribution < -0.4 is 17.2 Å². The Morgan fingerprint density at radius 3 is 0.822 bits per heavy atom. The minimum atomic E-state index is -1.93. The molecule has 0 saturated carbocycles. The standard InChI is InChI=1S/3C21H18F3N5O/c3*22-14-3-1-13(2-4-14)17-6-5-16(25)18(28-17)9-19(30)29-8-7-21(24,12-29)20-26-10-15(23)11-27-20/h3*1-6,10-11H,7-9,12,25H2. The fourth-order valence-electron chi connectivity index (χ4n) is 10.2. The Morgan fingerprint density at radius 2 is 0.589 bits per heavy atom. The molecule has 18 nitrogen and oxygen atoms in total. The number of aromatic nitrogens is 9. The van der Waals surface area contributed by atoms with Gasteiger partial charge in [-0.05, 0) is 109 Å². The van der Waals surface area contributed by atoms with Gasteiger partial charge in [0.05, 0.1) is 127 Å². The molecule has 3 aliphatic heterocycles. The number of nitrogens with zero attached hydrogens (tertiary/aromatic N) is 12. The van der Waals surface area contributed by atoms with Crippen LogP contribution in [0.1, 0.15) is 53.8 Å². The lowest BCUT2D eigenvalue weighted by atomic mass is 10.1. The van der Waals surface area contributed by atoms with Crippen molar-refractivity contribution in [3.05, 3.63) is 216 Å². The number of halogens is 9. The van der Waals surface area contributed by atoms with Gasteiger partial charge in [-0.3, -0.25) is 29.3 Å². The van der Waals surface area contributed by atoms with Gasteiger partial charge in [-0.2, -0.15) is 0 Å². The van der Waals surface area contributed by atoms with Gasteiger partial charge in [0.25, 0.3) is 0 Å². The molecule has 3 saturated heterocycles. The molecular formula is C63H54F9N15O3. The van der Waals surface area contributed by atoms with Crippen LogP contribution in [0.15, 0.2) is 146 Å². The van der Waals surface area contributed by atoms with Crippen LogP contribution >= 0.6 is 0 Å². The van der Waals surface area contributed by atoms with Crippen molar-refractivity contribution in [2.24, 2.45) is 0 Å². The fourth-order valence-corrected chi connectivity index (χ4v) is 10.2. The van der Waals surface area contributed by atoms with E-state index in [0.717, 1.165) is 37.2 Å². The van der Waals surface area contributed by atoms with E-state index < -0.39 is 34.5 Å². The Labute approximate surface area is 508 Å². The lowest BCUT2D eigenvalue weighted by Crippen LogP contribution is -2.34. The zero-order valence-corrected chi connectivity index (χ0v) is 47.6. The van der Waals surface area contributed by atoms with Crippen LogP contribution in [0, 0.1) is 34.9 Å². The van der Waals surface area contributed by atoms with Crippen LogP contribution in [-0.4, -0.2) is 117 Å². The number of amides is 3. The van der Waals surface area contributed by atoms with E-state index in [1.165, 1.54) is 51.1 Å². The molecule has 3 fully saturated rings. The summed E-state index contributed by atoms with van der Waals surface area (Å²) < 4.78 is 124. The second-order valence-electron chi connectivity index (χ2n) is 21.5. The maximum absolute atomic E-state index is 15.2. The van der Waals surface area contributed by atoms with E-state index in [2.05, 4.69) is 44.9 Å². The monoisotopic (exact) mass is 1240 g/mol. The molecular weight excluding hydrogens is 1190 g/mol. The molecule has 3 unspecified atom stereocenters. The van der Waals surface area contributed by atoms with Crippen molar-refractivity contribution < 1.29 is 53.9 Å². The third kappa shape index (κ3) is 14.7. The molecule has 90 heavy (non-hydrogen) atoms. The van der Waals surface area contributed by atoms with E-state index in [-0.39, 0.29) is 130 Å². The van der Waals surface area contributed by atoms with Crippen LogP contribution in [0.2, 0.25) is 0 Å². The highest BCUT2D eigenvalue weighted by molar-refractivity contribution is 5.82. The van der Waals surface area contributed by atoms with E-state index in [1.54, 1.807) is 72.8 Å². The summed E-state index contributed by atoms with van der Waals surface area (Å²) in [4.78, 5) is 77.9. The van der Waals surface area contributed by atoms with Crippen molar-refractivity contribution in [2.75, 3.05) is 56.5 Å². The molecule has 12 rings (SSSR count). The normalized spacial score (nSPS) is 18.6. The molecule has 0 bridgehead atoms. The van der Waals surface area contributed by atoms with Gasteiger partial charge in [0.1, 0.15) is 17.5 Å². The summed E-state index contributed by atoms with van der Waals surface area (Å²) in [5.41, 5.74) is 17.9. The number of alkyl halides is 3. The number of pyridine rings is 3. The molecule has 9 heterocycles. The summed E-state index contributed by atoms with van der Waals surface area (Å²) in [5, 5.41) is 0. The number of carbonyl (C=O) groups excluding carboxylic acids is 3. The first-order valence-electron chi connectivity index (χ1n) is 27.9. The zero-order chi connectivity index (χ0) is 63.9. The number of likely N-dealkylation sites (tertiary alicyclic amines) is 3. The van der Waals surface area contributed by atoms with Crippen LogP contribution in [0.25, 0.3) is 33.8 Å². The summed E-state index contributed by atoms with van der Waals surface area (Å²) >= 11 is 0. The topological polar surface area (TPSA) is 255 Å². The van der Waals surface area contributed by atoms with Crippen LogP contribution in [0.4, 0.5) is 56.6 Å². The fraction of sp³-hybridized carbons (Fsp3) is 0.238. The minimum absolute atomic E-state index is 0.0168. The second-order valence-corrected chi connectivity index (χ2v) is 21.5. The molecule has 3 aliphatic rings. The number of hydrogen-bond acceptors (Lipinski definition) is 15. The molecule has 6 aromatic heterocycles. The highest BCUT2D eigenvalue weighted by Crippen LogP contribution is 2.37. The number of nitrogen functional groups attached to an aromatic ring is 3. The van der Waals surface area contributed by atoms with Crippen molar-refractivity contribution in [3.8, 4) is 33.8 Å². The van der Waals surface area contributed by atoms with E-state index in [9.17, 15) is 40.7 Å². The highest BCUT2D eigenvalue weighted by atomic mass is 19.2. The van der Waals surface area contributed by atoms with Crippen LogP contribution in [-0.2, 0) is 50.7 Å². The third-order valence-corrected chi connectivity index (χ3v) is 15.2. The Morgan fingerprint density at radius 1 is 0.356 bits per heavy atom. The molecule has 27 heteroatoms. The van der Waals surface area contributed by atoms with Gasteiger partial charge in [0.15, 0.2) is 51.9 Å². The number of anilines is 3. The van der Waals surface area contributed by atoms with Crippen molar-refractivity contribution in [2.45, 2.75) is 55.5 Å². The number of nitrogens with two attached hydrogens (primary N) is 3. The predicted molar refractivity (Wildman–Crippen MR) is 311 cm³/mol. The summed E-state index contributed by atoms with van der Waals surface area (Å²) in [6.07, 6.45) is 5.14. The average molecular weight is 1240 g/mol. The van der Waals surface area contributed by atoms with Gasteiger partial charge >= 0.3 is 0 Å². The Balaban J connectivity index is 0.000000148. The first-order valence-corrected chi connectivity index (χ1v) is 27.9. The lowest BCUT2D eigenvalue weighted by molar-refractivity contribution is -0.130. The Bertz CT molecular complexity index is 3640. The molecule has 3 aromatic carbocycles. The Kier molecular flexibility index (Phi) is 18.4. The molecule has 462 valence electrons. The van der Waals surface area contributed by atoms with Gasteiger partial charge < -0.3 is 31.9 Å². The number of hydrogen-bond donors (Lipinski definition) is 3. The smallest absolute Gasteiger partial charge is 0.228 e. The summed E-state index contributed by atoms with van der Waals surface area (Å²) in [7, 11) is 0. The molecule has 0 spiro atoms. The summed E-state index contributed by atoms with van der Waals surface area (Å²) in [5.74, 6) is -4.51. The van der Waals surface area contributed by atoms with E-state index in [1.807, 2.05) is 0 Å². The van der Waals surface area contributed by atoms with E-state index in [4.69, 9.17) is 17.2 Å². The average Bonchev–Trinajstić information content (AvgIpc) is 1.72. The molecule has 0 aliphatic carbocycles. The highest BCUT2D eigenvalue weighted by Gasteiger charge is 2.46. The van der Waals surface area contributed by atoms with Crippen molar-refractivity contribution >= 4 is 34.8 Å². The molecule has 6 N–H and O–H groups in total. The van der Waals surface area contributed by atoms with Gasteiger partial charge in [-0.1, -0.05) is 0 Å². The lowest BCUT2D eigenvalue weighted by Gasteiger charge is -2.20. The number of benzene rings is 3. The zero-order valence-electron chi connectivity index (χ0n) is 47.6. The van der Waals surface area contributed by atoms with Crippen molar-refractivity contribution in [1.29, 1.82) is 0 Å². The Hall–Kier alpha value is -10.5. The summed E-state index contributed by atoms with van der Waals surface area (Å²) in [6, 6.07) is 27.4. The van der Waals surface area contributed by atoms with Crippen LogP contribution in [0.3, 0.4) is 0 Å². The summed E-state index contributed by atoms with van der Waals surface area (Å²) in [6.45, 7) is -0.159. The minimum Gasteiger partial charge on any atom is -0.397 e. The molecule has 9 aromatic rings. The number of carbonyl (C=O) groups is 3. The SMILES string of the molecule is Nc1ccc(-c2ccc(F)cc2)nc1CC(=O)N1CCC(F)(c2ncc(F)cn2)C1.Nc1ccc(-c2ccc(F)cc2)nc1CC(=O)N1CCC(F)(c2ncc(F)cn2)C1.Nc1ccc(-c2ccc(F)cc2)nc1CC(=O)N1CCC(F)(c2ncc(F)cn2)C1. The maximum Gasteiger partial charge on any atom is 0.228 e. The van der Waals surface area contributed by atoms with E-state index in [0.29, 0.717) is 67.9 Å². The van der Waals surface area contributed by atoms with Gasteiger partial charge in [-0.25, -0.2) is 69.4 Å². The molecule has 3 atom stereocenters. The maximum atomic E-state index is 15.2. The van der Waals surface area contributed by atoms with Crippen LogP contribution in [0.5, 0.6) is 0 Å². The quantitative estimate of drug-likeness (QED) is 0.0964. The molecule has 3 amide bonds. The second kappa shape index (κ2) is 26.5. The molecule has 0 radical (unpaired) electrons. The third-order valence-electron chi connectivity index (χ3n) is 15.2.